The number of nitrogens with zero attached hydrogens (tertiary/aromatic N) is 1. The van der Waals surface area contributed by atoms with Gasteiger partial charge in [0.15, 0.2) is 0 Å². The first kappa shape index (κ1) is 14.0. The van der Waals surface area contributed by atoms with Crippen LogP contribution in [0.25, 0.3) is 0 Å². The van der Waals surface area contributed by atoms with Crippen LogP contribution in [0.3, 0.4) is 0 Å². The van der Waals surface area contributed by atoms with Gasteiger partial charge in [-0.2, -0.15) is 0 Å². The lowest BCUT2D eigenvalue weighted by Crippen LogP contribution is -2.47. The quantitative estimate of drug-likeness (QED) is 0.781. The molecule has 1 aliphatic carbocycles. The summed E-state index contributed by atoms with van der Waals surface area (Å²) in [6.07, 6.45) is -1.02. The van der Waals surface area contributed by atoms with Crippen molar-refractivity contribution in [1.29, 1.82) is 0 Å². The molecular weight excluding hydrogens is 280 g/mol. The molecule has 1 saturated carbocycles. The molecule has 1 aromatic rings. The van der Waals surface area contributed by atoms with Crippen molar-refractivity contribution in [3.63, 3.8) is 0 Å². The molecule has 3 rings (SSSR count). The number of amides is 1. The van der Waals surface area contributed by atoms with Crippen LogP contribution in [-0.4, -0.2) is 43.1 Å². The van der Waals surface area contributed by atoms with Gasteiger partial charge in [-0.05, 0) is 25.0 Å². The van der Waals surface area contributed by atoms with Crippen LogP contribution in [-0.2, 0) is 14.9 Å². The van der Waals surface area contributed by atoms with Gasteiger partial charge in [-0.1, -0.05) is 6.07 Å². The predicted molar refractivity (Wildman–Crippen MR) is 70.2 cm³/mol. The number of methoxy groups -OCH3 is 1. The lowest BCUT2D eigenvalue weighted by atomic mass is 9.84. The van der Waals surface area contributed by atoms with E-state index >= 15 is 0 Å². The molecule has 112 valence electrons. The number of hydrogen-bond acceptors (Lipinski definition) is 3. The van der Waals surface area contributed by atoms with Crippen LogP contribution in [0, 0.1) is 12.7 Å². The van der Waals surface area contributed by atoms with E-state index in [1.54, 1.807) is 6.92 Å². The highest BCUT2D eigenvalue weighted by atomic mass is 19.1. The molecule has 0 bridgehead atoms. The van der Waals surface area contributed by atoms with Crippen LogP contribution in [0.15, 0.2) is 12.1 Å². The van der Waals surface area contributed by atoms with Crippen molar-refractivity contribution in [2.45, 2.75) is 24.9 Å². The SMILES string of the molecule is COC(=O)CN1C[C@@]2(C[C@@H]2F)c2c(ccc(C)c2F)C1=O. The summed E-state index contributed by atoms with van der Waals surface area (Å²) in [7, 11) is 1.22. The van der Waals surface area contributed by atoms with Crippen LogP contribution in [0.5, 0.6) is 0 Å². The van der Waals surface area contributed by atoms with E-state index in [4.69, 9.17) is 0 Å². The van der Waals surface area contributed by atoms with Crippen LogP contribution in [0.1, 0.15) is 27.9 Å². The fourth-order valence-corrected chi connectivity index (χ4v) is 3.04. The zero-order valence-corrected chi connectivity index (χ0v) is 11.8. The molecule has 2 atom stereocenters. The summed E-state index contributed by atoms with van der Waals surface area (Å²) in [5, 5.41) is 0. The molecule has 21 heavy (non-hydrogen) atoms. The van der Waals surface area contributed by atoms with E-state index in [-0.39, 0.29) is 30.6 Å². The van der Waals surface area contributed by atoms with Crippen LogP contribution < -0.4 is 0 Å². The van der Waals surface area contributed by atoms with Gasteiger partial charge < -0.3 is 9.64 Å². The average Bonchev–Trinajstić information content (AvgIpc) is 3.09. The van der Waals surface area contributed by atoms with E-state index in [0.29, 0.717) is 5.56 Å². The Balaban J connectivity index is 2.07. The molecule has 2 aliphatic rings. The number of aryl methyl sites for hydroxylation is 1. The maximum absolute atomic E-state index is 14.4. The first-order valence-corrected chi connectivity index (χ1v) is 6.70. The van der Waals surface area contributed by atoms with Gasteiger partial charge in [-0.25, -0.2) is 8.78 Å². The number of benzene rings is 1. The normalized spacial score (nSPS) is 26.8. The Morgan fingerprint density at radius 2 is 2.19 bits per heavy atom. The number of hydrogen-bond donors (Lipinski definition) is 0. The van der Waals surface area contributed by atoms with Gasteiger partial charge in [0.1, 0.15) is 18.5 Å². The van der Waals surface area contributed by atoms with E-state index in [1.165, 1.54) is 24.1 Å². The number of halogens is 2. The zero-order chi connectivity index (χ0) is 15.4. The lowest BCUT2D eigenvalue weighted by molar-refractivity contribution is -0.141. The highest BCUT2D eigenvalue weighted by Crippen LogP contribution is 2.55. The highest BCUT2D eigenvalue weighted by molar-refractivity contribution is 5.99. The van der Waals surface area contributed by atoms with Gasteiger partial charge in [-0.3, -0.25) is 9.59 Å². The second-order valence-corrected chi connectivity index (χ2v) is 5.68. The molecule has 1 amide bonds. The van der Waals surface area contributed by atoms with E-state index in [2.05, 4.69) is 4.74 Å². The van der Waals surface area contributed by atoms with Gasteiger partial charge in [0.05, 0.1) is 12.5 Å². The molecule has 1 heterocycles. The van der Waals surface area contributed by atoms with E-state index in [9.17, 15) is 18.4 Å². The number of ether oxygens (including phenoxy) is 1. The predicted octanol–water partition coefficient (Wildman–Crippen LogP) is 1.74. The molecular formula is C15H15F2NO3. The third-order valence-electron chi connectivity index (χ3n) is 4.35. The van der Waals surface area contributed by atoms with Crippen molar-refractivity contribution in [1.82, 2.24) is 4.90 Å². The molecule has 0 saturated heterocycles. The molecule has 4 nitrogen and oxygen atoms in total. The van der Waals surface area contributed by atoms with Crippen molar-refractivity contribution in [3.05, 3.63) is 34.6 Å². The topological polar surface area (TPSA) is 46.6 Å². The summed E-state index contributed by atoms with van der Waals surface area (Å²) in [6.45, 7) is 1.35. The molecule has 1 fully saturated rings. The molecule has 0 unspecified atom stereocenters. The zero-order valence-electron chi connectivity index (χ0n) is 11.8. The Labute approximate surface area is 120 Å². The lowest BCUT2D eigenvalue weighted by Gasteiger charge is -2.34. The summed E-state index contributed by atoms with van der Waals surface area (Å²) < 4.78 is 32.9. The van der Waals surface area contributed by atoms with Gasteiger partial charge in [0, 0.05) is 17.7 Å². The Morgan fingerprint density at radius 3 is 2.76 bits per heavy atom. The smallest absolute Gasteiger partial charge is 0.325 e. The molecule has 0 aromatic heterocycles. The first-order valence-electron chi connectivity index (χ1n) is 6.70. The van der Waals surface area contributed by atoms with Crippen molar-refractivity contribution in [2.75, 3.05) is 20.2 Å². The average molecular weight is 295 g/mol. The molecule has 0 N–H and O–H groups in total. The summed E-state index contributed by atoms with van der Waals surface area (Å²) >= 11 is 0. The van der Waals surface area contributed by atoms with Gasteiger partial charge in [-0.15, -0.1) is 0 Å². The van der Waals surface area contributed by atoms with Gasteiger partial charge in [0.2, 0.25) is 0 Å². The highest BCUT2D eigenvalue weighted by Gasteiger charge is 2.62. The van der Waals surface area contributed by atoms with E-state index in [1.807, 2.05) is 0 Å². The summed E-state index contributed by atoms with van der Waals surface area (Å²) in [5.41, 5.74) is -0.302. The Hall–Kier alpha value is -1.98. The van der Waals surface area contributed by atoms with Crippen LogP contribution >= 0.6 is 0 Å². The molecule has 0 radical (unpaired) electrons. The summed E-state index contributed by atoms with van der Waals surface area (Å²) in [6, 6.07) is 3.00. The van der Waals surface area contributed by atoms with Crippen LogP contribution in [0.2, 0.25) is 0 Å². The maximum Gasteiger partial charge on any atom is 0.325 e. The number of carbonyl (C=O) groups excluding carboxylic acids is 2. The number of esters is 1. The van der Waals surface area contributed by atoms with Crippen LogP contribution in [0.4, 0.5) is 8.78 Å². The van der Waals surface area contributed by atoms with Gasteiger partial charge in [0.25, 0.3) is 5.91 Å². The Bertz CT molecular complexity index is 646. The minimum Gasteiger partial charge on any atom is -0.468 e. The van der Waals surface area contributed by atoms with Crippen molar-refractivity contribution >= 4 is 11.9 Å². The van der Waals surface area contributed by atoms with Gasteiger partial charge >= 0.3 is 5.97 Å². The Morgan fingerprint density at radius 1 is 1.52 bits per heavy atom. The fraction of sp³-hybridized carbons (Fsp3) is 0.467. The Kier molecular flexibility index (Phi) is 3.00. The largest absolute Gasteiger partial charge is 0.468 e. The van der Waals surface area contributed by atoms with Crippen molar-refractivity contribution < 1.29 is 23.1 Å². The second-order valence-electron chi connectivity index (χ2n) is 5.68. The number of rotatable bonds is 2. The third-order valence-corrected chi connectivity index (χ3v) is 4.35. The third kappa shape index (κ3) is 1.92. The van der Waals surface area contributed by atoms with E-state index < -0.39 is 29.3 Å². The number of alkyl halides is 1. The minimum absolute atomic E-state index is 0.00940. The second kappa shape index (κ2) is 4.51. The minimum atomic E-state index is -1.19. The monoisotopic (exact) mass is 295 g/mol. The molecule has 6 heteroatoms. The van der Waals surface area contributed by atoms with E-state index in [0.717, 1.165) is 0 Å². The molecule has 1 spiro atoms. The molecule has 1 aromatic carbocycles. The summed E-state index contributed by atoms with van der Waals surface area (Å²) in [4.78, 5) is 25.0. The fourth-order valence-electron chi connectivity index (χ4n) is 3.04. The van der Waals surface area contributed by atoms with Crippen molar-refractivity contribution in [2.24, 2.45) is 0 Å². The number of carbonyl (C=O) groups is 2. The summed E-state index contributed by atoms with van der Waals surface area (Å²) in [5.74, 6) is -1.55. The standard InChI is InChI=1S/C15H15F2NO3/c1-8-3-4-9-12(13(8)17)15(5-10(15)16)7-18(14(9)20)6-11(19)21-2/h3-4,10H,5-7H2,1-2H3/t10-,15+/m0/s1. The maximum atomic E-state index is 14.4. The molecule has 1 aliphatic heterocycles. The van der Waals surface area contributed by atoms with Crippen molar-refractivity contribution in [3.8, 4) is 0 Å². The number of fused-ring (bicyclic) bond motifs is 2. The first-order chi connectivity index (χ1) is 9.90.